The van der Waals surface area contributed by atoms with Crippen LogP contribution in [-0.4, -0.2) is 30.7 Å². The molecule has 1 aliphatic heterocycles. The quantitative estimate of drug-likeness (QED) is 0.794. The SMILES string of the molecule is O=C1N=NN(C(=O)S)C1NS(=O)(=O)c1ccccc1. The monoisotopic (exact) mass is 300 g/mol. The van der Waals surface area contributed by atoms with E-state index in [9.17, 15) is 18.0 Å². The van der Waals surface area contributed by atoms with E-state index < -0.39 is 27.3 Å². The summed E-state index contributed by atoms with van der Waals surface area (Å²) in [6.07, 6.45) is -1.50. The molecule has 0 spiro atoms. The minimum atomic E-state index is -3.96. The fourth-order valence-electron chi connectivity index (χ4n) is 1.37. The van der Waals surface area contributed by atoms with Crippen molar-refractivity contribution >= 4 is 33.8 Å². The van der Waals surface area contributed by atoms with Crippen molar-refractivity contribution in [2.75, 3.05) is 0 Å². The zero-order chi connectivity index (χ0) is 14.0. The lowest BCUT2D eigenvalue weighted by atomic mass is 10.4. The van der Waals surface area contributed by atoms with Gasteiger partial charge >= 0.3 is 11.1 Å². The fraction of sp³-hybridized carbons (Fsp3) is 0.111. The van der Waals surface area contributed by atoms with Crippen LogP contribution < -0.4 is 4.72 Å². The van der Waals surface area contributed by atoms with E-state index in [1.165, 1.54) is 24.3 Å². The van der Waals surface area contributed by atoms with Crippen LogP contribution in [0.15, 0.2) is 45.6 Å². The molecule has 0 bridgehead atoms. The number of carbonyl (C=O) groups is 2. The van der Waals surface area contributed by atoms with Gasteiger partial charge in [-0.25, -0.2) is 8.42 Å². The molecule has 1 aliphatic rings. The van der Waals surface area contributed by atoms with Crippen molar-refractivity contribution in [3.63, 3.8) is 0 Å². The molecule has 1 aromatic rings. The number of thiol groups is 1. The molecule has 100 valence electrons. The molecule has 1 atom stereocenters. The van der Waals surface area contributed by atoms with Crippen LogP contribution in [0.4, 0.5) is 4.79 Å². The van der Waals surface area contributed by atoms with Crippen LogP contribution >= 0.6 is 12.6 Å². The first-order chi connectivity index (χ1) is 8.92. The summed E-state index contributed by atoms with van der Waals surface area (Å²) in [4.78, 5) is 22.4. The number of carbonyl (C=O) groups excluding carboxylic acids is 2. The van der Waals surface area contributed by atoms with Crippen molar-refractivity contribution in [2.24, 2.45) is 10.3 Å². The molecule has 1 unspecified atom stereocenters. The molecule has 0 fully saturated rings. The third kappa shape index (κ3) is 2.80. The van der Waals surface area contributed by atoms with Crippen molar-refractivity contribution in [1.82, 2.24) is 9.73 Å². The van der Waals surface area contributed by atoms with Crippen molar-refractivity contribution in [1.29, 1.82) is 0 Å². The van der Waals surface area contributed by atoms with Crippen molar-refractivity contribution in [3.05, 3.63) is 30.3 Å². The Balaban J connectivity index is 2.26. The highest BCUT2D eigenvalue weighted by Crippen LogP contribution is 2.16. The number of hydrogen-bond donors (Lipinski definition) is 2. The number of rotatable bonds is 3. The van der Waals surface area contributed by atoms with Gasteiger partial charge in [0.05, 0.1) is 4.90 Å². The normalized spacial score (nSPS) is 18.9. The third-order valence-electron chi connectivity index (χ3n) is 2.23. The summed E-state index contributed by atoms with van der Waals surface area (Å²) in [7, 11) is -3.96. The van der Waals surface area contributed by atoms with E-state index in [0.717, 1.165) is 0 Å². The van der Waals surface area contributed by atoms with E-state index in [1.54, 1.807) is 6.07 Å². The Kier molecular flexibility index (Phi) is 3.64. The van der Waals surface area contributed by atoms with E-state index in [0.29, 0.717) is 5.01 Å². The molecule has 0 saturated heterocycles. The van der Waals surface area contributed by atoms with E-state index in [-0.39, 0.29) is 4.90 Å². The van der Waals surface area contributed by atoms with Gasteiger partial charge in [0, 0.05) is 0 Å². The van der Waals surface area contributed by atoms with Crippen LogP contribution in [-0.2, 0) is 14.8 Å². The average molecular weight is 300 g/mol. The Bertz CT molecular complexity index is 643. The third-order valence-corrected chi connectivity index (χ3v) is 3.87. The summed E-state index contributed by atoms with van der Waals surface area (Å²) in [5.41, 5.74) is 0. The lowest BCUT2D eigenvalue weighted by Gasteiger charge is -2.17. The Hall–Kier alpha value is -1.78. The lowest BCUT2D eigenvalue weighted by molar-refractivity contribution is -0.120. The maximum atomic E-state index is 12.0. The molecule has 8 nitrogen and oxygen atoms in total. The van der Waals surface area contributed by atoms with Crippen molar-refractivity contribution in [2.45, 2.75) is 11.1 Å². The van der Waals surface area contributed by atoms with Crippen LogP contribution in [0, 0.1) is 0 Å². The molecule has 0 saturated carbocycles. The highest BCUT2D eigenvalue weighted by Gasteiger charge is 2.37. The van der Waals surface area contributed by atoms with Gasteiger partial charge in [-0.05, 0) is 12.1 Å². The molecule has 10 heteroatoms. The molecule has 1 N–H and O–H groups in total. The zero-order valence-electron chi connectivity index (χ0n) is 9.29. The largest absolute Gasteiger partial charge is 0.306 e. The summed E-state index contributed by atoms with van der Waals surface area (Å²) in [6, 6.07) is 7.41. The molecule has 19 heavy (non-hydrogen) atoms. The predicted octanol–water partition coefficient (Wildman–Crippen LogP) is 0.550. The van der Waals surface area contributed by atoms with Gasteiger partial charge < -0.3 is 0 Å². The second-order valence-electron chi connectivity index (χ2n) is 3.49. The number of nitrogens with one attached hydrogen (secondary N) is 1. The van der Waals surface area contributed by atoms with Gasteiger partial charge in [-0.2, -0.15) is 9.73 Å². The zero-order valence-corrected chi connectivity index (χ0v) is 11.0. The number of amides is 2. The Morgan fingerprint density at radius 2 is 1.95 bits per heavy atom. The second-order valence-corrected chi connectivity index (χ2v) is 5.59. The van der Waals surface area contributed by atoms with Crippen LogP contribution in [0.3, 0.4) is 0 Å². The molecule has 0 radical (unpaired) electrons. The van der Waals surface area contributed by atoms with E-state index in [4.69, 9.17) is 0 Å². The average Bonchev–Trinajstić information content (AvgIpc) is 2.72. The summed E-state index contributed by atoms with van der Waals surface area (Å²) in [5.74, 6) is -0.887. The number of hydrogen-bond acceptors (Lipinski definition) is 5. The highest BCUT2D eigenvalue weighted by molar-refractivity contribution is 7.96. The molecule has 0 aliphatic carbocycles. The smallest absolute Gasteiger partial charge is 0.267 e. The standard InChI is InChI=1S/C9H8N4O4S2/c14-8-7(13(9(15)18)12-10-8)11-19(16,17)6-4-2-1-3-5-6/h1-5,7,11H,(H,15,18). The van der Waals surface area contributed by atoms with Crippen LogP contribution in [0.25, 0.3) is 0 Å². The van der Waals surface area contributed by atoms with Crippen molar-refractivity contribution < 1.29 is 18.0 Å². The Morgan fingerprint density at radius 1 is 1.32 bits per heavy atom. The maximum Gasteiger partial charge on any atom is 0.306 e. The second kappa shape index (κ2) is 5.07. The first-order valence-electron chi connectivity index (χ1n) is 4.97. The summed E-state index contributed by atoms with van der Waals surface area (Å²) >= 11 is 3.48. The fourth-order valence-corrected chi connectivity index (χ4v) is 2.67. The van der Waals surface area contributed by atoms with Gasteiger partial charge in [0.2, 0.25) is 16.2 Å². The van der Waals surface area contributed by atoms with Gasteiger partial charge in [0.25, 0.3) is 0 Å². The van der Waals surface area contributed by atoms with Gasteiger partial charge in [0.1, 0.15) is 0 Å². The molecular formula is C9H8N4O4S2. The van der Waals surface area contributed by atoms with Gasteiger partial charge in [-0.3, -0.25) is 9.59 Å². The van der Waals surface area contributed by atoms with E-state index >= 15 is 0 Å². The molecular weight excluding hydrogens is 292 g/mol. The number of nitrogens with zero attached hydrogens (tertiary/aromatic N) is 3. The first-order valence-corrected chi connectivity index (χ1v) is 6.90. The minimum Gasteiger partial charge on any atom is -0.267 e. The summed E-state index contributed by atoms with van der Waals surface area (Å²) < 4.78 is 26.0. The van der Waals surface area contributed by atoms with Gasteiger partial charge in [0.15, 0.2) is 0 Å². The molecule has 0 aromatic heterocycles. The number of benzene rings is 1. The van der Waals surface area contributed by atoms with Gasteiger partial charge in [-0.15, -0.1) is 0 Å². The summed E-state index contributed by atoms with van der Waals surface area (Å²) in [5, 5.41) is 6.00. The van der Waals surface area contributed by atoms with Crippen LogP contribution in [0.2, 0.25) is 0 Å². The number of sulfonamides is 1. The van der Waals surface area contributed by atoms with E-state index in [2.05, 4.69) is 23.0 Å². The molecule has 1 aromatic carbocycles. The highest BCUT2D eigenvalue weighted by atomic mass is 32.2. The first kappa shape index (κ1) is 13.6. The van der Waals surface area contributed by atoms with Crippen LogP contribution in [0.1, 0.15) is 0 Å². The van der Waals surface area contributed by atoms with Gasteiger partial charge in [-0.1, -0.05) is 41.2 Å². The molecule has 1 heterocycles. The lowest BCUT2D eigenvalue weighted by Crippen LogP contribution is -2.48. The topological polar surface area (TPSA) is 108 Å². The Morgan fingerprint density at radius 3 is 2.53 bits per heavy atom. The maximum absolute atomic E-state index is 12.0. The summed E-state index contributed by atoms with van der Waals surface area (Å²) in [6.45, 7) is 0. The van der Waals surface area contributed by atoms with Crippen LogP contribution in [0.5, 0.6) is 0 Å². The predicted molar refractivity (Wildman–Crippen MR) is 66.6 cm³/mol. The molecule has 2 rings (SSSR count). The minimum absolute atomic E-state index is 0.0405. The molecule has 2 amide bonds. The Labute approximate surface area is 113 Å². The van der Waals surface area contributed by atoms with E-state index in [1.807, 2.05) is 4.72 Å². The van der Waals surface area contributed by atoms with Crippen molar-refractivity contribution in [3.8, 4) is 0 Å².